The second-order valence-electron chi connectivity index (χ2n) is 7.52. The van der Waals surface area contributed by atoms with Crippen molar-refractivity contribution in [3.8, 4) is 5.75 Å². The van der Waals surface area contributed by atoms with Gasteiger partial charge in [-0.15, -0.1) is 0 Å². The lowest BCUT2D eigenvalue weighted by atomic mass is 10.1. The lowest BCUT2D eigenvalue weighted by molar-refractivity contribution is -0.137. The van der Waals surface area contributed by atoms with Crippen LogP contribution in [0.25, 0.3) is 11.1 Å². The molecular formula is C20H19F3N4O3. The van der Waals surface area contributed by atoms with E-state index in [0.717, 1.165) is 25.0 Å². The van der Waals surface area contributed by atoms with Gasteiger partial charge < -0.3 is 19.8 Å². The number of aryl methyl sites for hydroxylation is 1. The number of nitrogens with zero attached hydrogens (tertiary/aromatic N) is 2. The maximum atomic E-state index is 13.2. The number of carbonyl (C=O) groups excluding carboxylic acids is 1. The van der Waals surface area contributed by atoms with Gasteiger partial charge in [-0.1, -0.05) is 0 Å². The first-order valence-corrected chi connectivity index (χ1v) is 9.19. The van der Waals surface area contributed by atoms with Crippen LogP contribution in [0.3, 0.4) is 0 Å². The van der Waals surface area contributed by atoms with E-state index in [0.29, 0.717) is 11.2 Å². The third kappa shape index (κ3) is 3.77. The molecule has 7 nitrogen and oxygen atoms in total. The molecule has 1 aromatic carbocycles. The summed E-state index contributed by atoms with van der Waals surface area (Å²) in [5.41, 5.74) is -0.719. The smallest absolute Gasteiger partial charge is 0.416 e. The molecule has 0 atom stereocenters. The fourth-order valence-corrected chi connectivity index (χ4v) is 3.16. The Hall–Kier alpha value is -3.30. The lowest BCUT2D eigenvalue weighted by Gasteiger charge is -2.14. The lowest BCUT2D eigenvalue weighted by Crippen LogP contribution is -2.19. The number of carbonyl (C=O) groups is 1. The van der Waals surface area contributed by atoms with E-state index in [1.54, 1.807) is 6.92 Å². The Morgan fingerprint density at radius 3 is 2.60 bits per heavy atom. The Kier molecular flexibility index (Phi) is 4.59. The van der Waals surface area contributed by atoms with Crippen LogP contribution < -0.4 is 15.4 Å². The predicted octanol–water partition coefficient (Wildman–Crippen LogP) is 4.78. The van der Waals surface area contributed by atoms with Crippen molar-refractivity contribution in [1.29, 1.82) is 0 Å². The van der Waals surface area contributed by atoms with Gasteiger partial charge in [-0.3, -0.25) is 4.79 Å². The van der Waals surface area contributed by atoms with Crippen molar-refractivity contribution in [2.75, 3.05) is 17.7 Å². The number of alkyl halides is 3. The second kappa shape index (κ2) is 6.89. The van der Waals surface area contributed by atoms with Gasteiger partial charge in [0.15, 0.2) is 0 Å². The molecule has 0 saturated heterocycles. The average Bonchev–Trinajstić information content (AvgIpc) is 3.28. The van der Waals surface area contributed by atoms with E-state index in [9.17, 15) is 18.0 Å². The highest BCUT2D eigenvalue weighted by molar-refractivity contribution is 6.15. The average molecular weight is 420 g/mol. The Labute approximate surface area is 169 Å². The molecular weight excluding hydrogens is 401 g/mol. The molecule has 0 radical (unpaired) electrons. The third-order valence-corrected chi connectivity index (χ3v) is 5.04. The molecule has 2 heterocycles. The van der Waals surface area contributed by atoms with E-state index in [-0.39, 0.29) is 34.0 Å². The highest BCUT2D eigenvalue weighted by Crippen LogP contribution is 2.40. The quantitative estimate of drug-likeness (QED) is 0.618. The van der Waals surface area contributed by atoms with Crippen LogP contribution in [0.2, 0.25) is 0 Å². The Morgan fingerprint density at radius 2 is 1.97 bits per heavy atom. The minimum atomic E-state index is -4.59. The molecule has 30 heavy (non-hydrogen) atoms. The number of methoxy groups -OCH3 is 1. The summed E-state index contributed by atoms with van der Waals surface area (Å²) in [6, 6.07) is 3.02. The SMILES string of the molecule is COc1cc(NC(=O)c2c(C)oc3ncnc(NC4(C)CC4)c23)cc(C(F)(F)F)c1. The van der Waals surface area contributed by atoms with Crippen molar-refractivity contribution in [3.05, 3.63) is 41.4 Å². The van der Waals surface area contributed by atoms with E-state index in [1.165, 1.54) is 19.5 Å². The van der Waals surface area contributed by atoms with Crippen LogP contribution in [-0.2, 0) is 6.18 Å². The second-order valence-corrected chi connectivity index (χ2v) is 7.52. The van der Waals surface area contributed by atoms with Gasteiger partial charge in [0.05, 0.1) is 23.6 Å². The number of anilines is 2. The van der Waals surface area contributed by atoms with Gasteiger partial charge in [0.2, 0.25) is 5.71 Å². The van der Waals surface area contributed by atoms with Crippen LogP contribution in [-0.4, -0.2) is 28.5 Å². The monoisotopic (exact) mass is 420 g/mol. The number of ether oxygens (including phenoxy) is 1. The molecule has 1 amide bonds. The number of aromatic nitrogens is 2. The molecule has 0 bridgehead atoms. The van der Waals surface area contributed by atoms with Gasteiger partial charge in [0, 0.05) is 17.3 Å². The summed E-state index contributed by atoms with van der Waals surface area (Å²) in [7, 11) is 1.25. The van der Waals surface area contributed by atoms with Crippen LogP contribution in [0.15, 0.2) is 28.9 Å². The summed E-state index contributed by atoms with van der Waals surface area (Å²) in [6.07, 6.45) is -1.34. The molecule has 1 fully saturated rings. The van der Waals surface area contributed by atoms with E-state index in [2.05, 4.69) is 20.6 Å². The number of furan rings is 1. The number of fused-ring (bicyclic) bond motifs is 1. The Bertz CT molecular complexity index is 1140. The van der Waals surface area contributed by atoms with Crippen molar-refractivity contribution in [2.45, 2.75) is 38.4 Å². The van der Waals surface area contributed by atoms with Crippen LogP contribution in [0.1, 0.15) is 41.4 Å². The van der Waals surface area contributed by atoms with Gasteiger partial charge in [-0.25, -0.2) is 9.97 Å². The molecule has 1 saturated carbocycles. The molecule has 158 valence electrons. The minimum absolute atomic E-state index is 0.0266. The van der Waals surface area contributed by atoms with Crippen molar-refractivity contribution in [2.24, 2.45) is 0 Å². The fraction of sp³-hybridized carbons (Fsp3) is 0.350. The summed E-state index contributed by atoms with van der Waals surface area (Å²) in [4.78, 5) is 21.3. The maximum absolute atomic E-state index is 13.2. The molecule has 0 spiro atoms. The third-order valence-electron chi connectivity index (χ3n) is 5.04. The first kappa shape index (κ1) is 20.0. The zero-order chi connectivity index (χ0) is 21.7. The van der Waals surface area contributed by atoms with Gasteiger partial charge in [-0.05, 0) is 38.8 Å². The van der Waals surface area contributed by atoms with Crippen LogP contribution in [0, 0.1) is 6.92 Å². The van der Waals surface area contributed by atoms with Crippen LogP contribution in [0.5, 0.6) is 5.75 Å². The van der Waals surface area contributed by atoms with Gasteiger partial charge in [-0.2, -0.15) is 13.2 Å². The van der Waals surface area contributed by atoms with Gasteiger partial charge in [0.1, 0.15) is 23.7 Å². The normalized spacial score (nSPS) is 15.1. The summed E-state index contributed by atoms with van der Waals surface area (Å²) >= 11 is 0. The van der Waals surface area contributed by atoms with Crippen LogP contribution in [0.4, 0.5) is 24.7 Å². The molecule has 3 aromatic rings. The van der Waals surface area contributed by atoms with E-state index in [1.807, 2.05) is 6.92 Å². The van der Waals surface area contributed by atoms with Gasteiger partial charge >= 0.3 is 6.18 Å². The number of rotatable bonds is 5. The topological polar surface area (TPSA) is 89.3 Å². The number of benzene rings is 1. The summed E-state index contributed by atoms with van der Waals surface area (Å²) < 4.78 is 50.1. The molecule has 0 aliphatic heterocycles. The number of hydrogen-bond donors (Lipinski definition) is 2. The standard InChI is InChI=1S/C20H19F3N4O3/c1-10-14(15-16(27-19(2)4-5-19)24-9-25-18(15)30-10)17(28)26-12-6-11(20(21,22)23)7-13(8-12)29-3/h6-9H,4-5H2,1-3H3,(H,26,28)(H,24,25,27). The van der Waals surface area contributed by atoms with Crippen LogP contribution >= 0.6 is 0 Å². The number of nitrogens with one attached hydrogen (secondary N) is 2. The first-order valence-electron chi connectivity index (χ1n) is 9.19. The maximum Gasteiger partial charge on any atom is 0.416 e. The van der Waals surface area contributed by atoms with E-state index < -0.39 is 17.6 Å². The zero-order valence-corrected chi connectivity index (χ0v) is 16.5. The molecule has 10 heteroatoms. The van der Waals surface area contributed by atoms with Gasteiger partial charge in [0.25, 0.3) is 5.91 Å². The van der Waals surface area contributed by atoms with Crippen molar-refractivity contribution >= 4 is 28.5 Å². The molecule has 4 rings (SSSR count). The highest BCUT2D eigenvalue weighted by atomic mass is 19.4. The van der Waals surface area contributed by atoms with Crippen molar-refractivity contribution in [3.63, 3.8) is 0 Å². The van der Waals surface area contributed by atoms with Crippen molar-refractivity contribution in [1.82, 2.24) is 9.97 Å². The fourth-order valence-electron chi connectivity index (χ4n) is 3.16. The Morgan fingerprint density at radius 1 is 1.23 bits per heavy atom. The first-order chi connectivity index (χ1) is 14.1. The summed E-state index contributed by atoms with van der Waals surface area (Å²) in [5, 5.41) is 6.19. The number of halogens is 3. The predicted molar refractivity (Wildman–Crippen MR) is 104 cm³/mol. The molecule has 1 aliphatic carbocycles. The summed E-state index contributed by atoms with van der Waals surface area (Å²) in [6.45, 7) is 3.62. The van der Waals surface area contributed by atoms with Crippen molar-refractivity contribution < 1.29 is 27.1 Å². The van der Waals surface area contributed by atoms with E-state index in [4.69, 9.17) is 9.15 Å². The largest absolute Gasteiger partial charge is 0.497 e. The molecule has 2 N–H and O–H groups in total. The zero-order valence-electron chi connectivity index (χ0n) is 16.5. The highest BCUT2D eigenvalue weighted by Gasteiger charge is 2.38. The molecule has 0 unspecified atom stereocenters. The number of hydrogen-bond acceptors (Lipinski definition) is 6. The summed E-state index contributed by atoms with van der Waals surface area (Å²) in [5.74, 6) is 0.0715. The molecule has 1 aliphatic rings. The van der Waals surface area contributed by atoms with E-state index >= 15 is 0 Å². The molecule has 2 aromatic heterocycles. The number of amides is 1. The minimum Gasteiger partial charge on any atom is -0.497 e. The Balaban J connectivity index is 1.73.